The normalized spacial score (nSPS) is 12.6. The van der Waals surface area contributed by atoms with Crippen molar-refractivity contribution >= 4 is 16.7 Å². The Morgan fingerprint density at radius 1 is 0.952 bits per heavy atom. The van der Waals surface area contributed by atoms with Crippen LogP contribution in [0.4, 0.5) is 5.82 Å². The number of para-hydroxylation sites is 2. The van der Waals surface area contributed by atoms with E-state index in [2.05, 4.69) is 22.4 Å². The van der Waals surface area contributed by atoms with Gasteiger partial charge in [-0.3, -0.25) is 0 Å². The summed E-state index contributed by atoms with van der Waals surface area (Å²) in [4.78, 5) is 4.60. The number of pyridine rings is 1. The molecule has 0 aliphatic carbocycles. The summed E-state index contributed by atoms with van der Waals surface area (Å²) in [5, 5.41) is 4.48. The lowest BCUT2D eigenvalue weighted by molar-refractivity contribution is 0.173. The molecule has 4 heteroatoms. The highest BCUT2D eigenvalue weighted by molar-refractivity contribution is 5.80. The second-order valence-corrected chi connectivity index (χ2v) is 4.89. The number of ether oxygens (including phenoxy) is 2. The van der Waals surface area contributed by atoms with Gasteiger partial charge in [0.05, 0.1) is 5.52 Å². The van der Waals surface area contributed by atoms with Crippen LogP contribution in [0.5, 0.6) is 11.5 Å². The summed E-state index contributed by atoms with van der Waals surface area (Å²) in [6.45, 7) is 0.943. The summed E-state index contributed by atoms with van der Waals surface area (Å²) in [6.07, 6.45) is 0. The number of aromatic nitrogens is 1. The molecule has 1 N–H and O–H groups in total. The summed E-state index contributed by atoms with van der Waals surface area (Å²) in [5.41, 5.74) is 2.06. The number of nitrogens with one attached hydrogen (secondary N) is 1. The Morgan fingerprint density at radius 2 is 1.90 bits per heavy atom. The van der Waals surface area contributed by atoms with E-state index in [0.717, 1.165) is 33.8 Å². The van der Waals surface area contributed by atoms with Gasteiger partial charge in [0.2, 0.25) is 6.79 Å². The van der Waals surface area contributed by atoms with Gasteiger partial charge in [0, 0.05) is 17.5 Å². The molecule has 0 amide bonds. The van der Waals surface area contributed by atoms with E-state index in [9.17, 15) is 0 Å². The fourth-order valence-electron chi connectivity index (χ4n) is 2.48. The molecule has 2 heterocycles. The molecule has 0 spiro atoms. The standard InChI is InChI=1S/C17H14N2O2/c1-2-6-14-12(4-1)8-9-16(19-14)18-10-13-5-3-7-15-17(13)21-11-20-15/h1-9H,10-11H2,(H,18,19). The first-order chi connectivity index (χ1) is 10.4. The number of nitrogens with zero attached hydrogens (tertiary/aromatic N) is 1. The van der Waals surface area contributed by atoms with Crippen molar-refractivity contribution < 1.29 is 9.47 Å². The maximum atomic E-state index is 5.51. The molecule has 21 heavy (non-hydrogen) atoms. The third-order valence-electron chi connectivity index (χ3n) is 3.54. The highest BCUT2D eigenvalue weighted by Gasteiger charge is 2.16. The molecule has 104 valence electrons. The molecule has 4 rings (SSSR count). The predicted molar refractivity (Wildman–Crippen MR) is 81.6 cm³/mol. The van der Waals surface area contributed by atoms with Gasteiger partial charge in [-0.15, -0.1) is 0 Å². The van der Waals surface area contributed by atoms with Crippen LogP contribution in [0, 0.1) is 0 Å². The van der Waals surface area contributed by atoms with E-state index in [1.807, 2.05) is 42.5 Å². The Morgan fingerprint density at radius 3 is 2.90 bits per heavy atom. The van der Waals surface area contributed by atoms with Crippen molar-refractivity contribution in [3.63, 3.8) is 0 Å². The van der Waals surface area contributed by atoms with E-state index in [1.165, 1.54) is 0 Å². The van der Waals surface area contributed by atoms with Gasteiger partial charge in [0.1, 0.15) is 5.82 Å². The van der Waals surface area contributed by atoms with E-state index in [-0.39, 0.29) is 0 Å². The van der Waals surface area contributed by atoms with Gasteiger partial charge in [-0.1, -0.05) is 30.3 Å². The number of fused-ring (bicyclic) bond motifs is 2. The Hall–Kier alpha value is -2.75. The molecular formula is C17H14N2O2. The molecule has 0 unspecified atom stereocenters. The Balaban J connectivity index is 1.57. The van der Waals surface area contributed by atoms with Crippen LogP contribution >= 0.6 is 0 Å². The Bertz CT molecular complexity index is 802. The third kappa shape index (κ3) is 2.25. The minimum Gasteiger partial charge on any atom is -0.454 e. The molecule has 3 aromatic rings. The minimum atomic E-state index is 0.292. The molecule has 1 aromatic heterocycles. The second-order valence-electron chi connectivity index (χ2n) is 4.89. The maximum Gasteiger partial charge on any atom is 0.231 e. The summed E-state index contributed by atoms with van der Waals surface area (Å²) < 4.78 is 10.9. The Kier molecular flexibility index (Phi) is 2.85. The molecule has 4 nitrogen and oxygen atoms in total. The summed E-state index contributed by atoms with van der Waals surface area (Å²) in [7, 11) is 0. The molecule has 0 bridgehead atoms. The molecule has 0 atom stereocenters. The van der Waals surface area contributed by atoms with Crippen molar-refractivity contribution in [3.8, 4) is 11.5 Å². The first-order valence-electron chi connectivity index (χ1n) is 6.87. The fourth-order valence-corrected chi connectivity index (χ4v) is 2.48. The Labute approximate surface area is 122 Å². The molecular weight excluding hydrogens is 264 g/mol. The predicted octanol–water partition coefficient (Wildman–Crippen LogP) is 3.58. The zero-order chi connectivity index (χ0) is 14.1. The largest absolute Gasteiger partial charge is 0.454 e. The molecule has 0 fully saturated rings. The molecule has 1 aliphatic heterocycles. The second kappa shape index (κ2) is 4.98. The van der Waals surface area contributed by atoms with Gasteiger partial charge in [0.15, 0.2) is 11.5 Å². The van der Waals surface area contributed by atoms with Gasteiger partial charge in [-0.25, -0.2) is 4.98 Å². The van der Waals surface area contributed by atoms with Gasteiger partial charge < -0.3 is 14.8 Å². The topological polar surface area (TPSA) is 43.4 Å². The van der Waals surface area contributed by atoms with Crippen molar-refractivity contribution in [2.45, 2.75) is 6.54 Å². The number of anilines is 1. The zero-order valence-corrected chi connectivity index (χ0v) is 11.4. The van der Waals surface area contributed by atoms with Gasteiger partial charge in [0.25, 0.3) is 0 Å². The summed E-state index contributed by atoms with van der Waals surface area (Å²) in [5.74, 6) is 2.48. The number of benzene rings is 2. The minimum absolute atomic E-state index is 0.292. The third-order valence-corrected chi connectivity index (χ3v) is 3.54. The van der Waals surface area contributed by atoms with E-state index < -0.39 is 0 Å². The fraction of sp³-hybridized carbons (Fsp3) is 0.118. The van der Waals surface area contributed by atoms with Crippen LogP contribution in [0.1, 0.15) is 5.56 Å². The summed E-state index contributed by atoms with van der Waals surface area (Å²) in [6, 6.07) is 18.1. The van der Waals surface area contributed by atoms with Crippen LogP contribution in [0.25, 0.3) is 10.9 Å². The van der Waals surface area contributed by atoms with Gasteiger partial charge in [-0.05, 0) is 24.3 Å². The van der Waals surface area contributed by atoms with Crippen molar-refractivity contribution in [1.29, 1.82) is 0 Å². The zero-order valence-electron chi connectivity index (χ0n) is 11.4. The van der Waals surface area contributed by atoms with Crippen LogP contribution in [-0.2, 0) is 6.54 Å². The maximum absolute atomic E-state index is 5.51. The monoisotopic (exact) mass is 278 g/mol. The van der Waals surface area contributed by atoms with Gasteiger partial charge in [-0.2, -0.15) is 0 Å². The molecule has 2 aromatic carbocycles. The van der Waals surface area contributed by atoms with Gasteiger partial charge >= 0.3 is 0 Å². The van der Waals surface area contributed by atoms with Crippen LogP contribution in [0.2, 0.25) is 0 Å². The highest BCUT2D eigenvalue weighted by Crippen LogP contribution is 2.35. The average molecular weight is 278 g/mol. The number of rotatable bonds is 3. The molecule has 0 radical (unpaired) electrons. The lowest BCUT2D eigenvalue weighted by Gasteiger charge is -2.09. The first-order valence-corrected chi connectivity index (χ1v) is 6.87. The lowest BCUT2D eigenvalue weighted by Crippen LogP contribution is -2.02. The van der Waals surface area contributed by atoms with Crippen molar-refractivity contribution in [2.24, 2.45) is 0 Å². The van der Waals surface area contributed by atoms with E-state index in [4.69, 9.17) is 9.47 Å². The number of hydrogen-bond donors (Lipinski definition) is 1. The quantitative estimate of drug-likeness (QED) is 0.795. The first kappa shape index (κ1) is 12.0. The SMILES string of the molecule is c1cc(CNc2ccc3ccccc3n2)c2c(c1)OCO2. The molecule has 0 saturated heterocycles. The van der Waals surface area contributed by atoms with Crippen molar-refractivity contribution in [1.82, 2.24) is 4.98 Å². The van der Waals surface area contributed by atoms with Crippen molar-refractivity contribution in [2.75, 3.05) is 12.1 Å². The average Bonchev–Trinajstić information content (AvgIpc) is 3.02. The molecule has 1 aliphatic rings. The molecule has 0 saturated carbocycles. The van der Waals surface area contributed by atoms with Crippen LogP contribution in [0.15, 0.2) is 54.6 Å². The van der Waals surface area contributed by atoms with Crippen molar-refractivity contribution in [3.05, 3.63) is 60.2 Å². The van der Waals surface area contributed by atoms with Crippen LogP contribution in [-0.4, -0.2) is 11.8 Å². The summed E-state index contributed by atoms with van der Waals surface area (Å²) >= 11 is 0. The highest BCUT2D eigenvalue weighted by atomic mass is 16.7. The van der Waals surface area contributed by atoms with E-state index in [1.54, 1.807) is 0 Å². The van der Waals surface area contributed by atoms with E-state index in [0.29, 0.717) is 13.3 Å². The van der Waals surface area contributed by atoms with E-state index >= 15 is 0 Å². The van der Waals surface area contributed by atoms with Crippen LogP contribution < -0.4 is 14.8 Å². The number of hydrogen-bond acceptors (Lipinski definition) is 4. The lowest BCUT2D eigenvalue weighted by atomic mass is 10.2. The van der Waals surface area contributed by atoms with Crippen LogP contribution in [0.3, 0.4) is 0 Å². The smallest absolute Gasteiger partial charge is 0.231 e.